The maximum absolute atomic E-state index is 11.7. The molecule has 0 aliphatic rings. The molecule has 0 spiro atoms. The zero-order chi connectivity index (χ0) is 14.0. The van der Waals surface area contributed by atoms with Crippen LogP contribution in [0, 0.1) is 5.92 Å². The van der Waals surface area contributed by atoms with Crippen LogP contribution in [-0.4, -0.2) is 31.1 Å². The predicted octanol–water partition coefficient (Wildman–Crippen LogP) is 0.985. The van der Waals surface area contributed by atoms with Crippen molar-refractivity contribution in [1.29, 1.82) is 0 Å². The monoisotopic (exact) mass is 256 g/mol. The second kappa shape index (κ2) is 9.65. The van der Waals surface area contributed by atoms with Gasteiger partial charge in [-0.2, -0.15) is 0 Å². The molecule has 0 aromatic carbocycles. The van der Waals surface area contributed by atoms with Gasteiger partial charge in [0.2, 0.25) is 5.91 Å². The summed E-state index contributed by atoms with van der Waals surface area (Å²) < 4.78 is 4.93. The minimum Gasteiger partial charge on any atom is -0.464 e. The average molecular weight is 256 g/mol. The summed E-state index contributed by atoms with van der Waals surface area (Å²) >= 11 is 0. The Morgan fingerprint density at radius 1 is 1.44 bits per heavy atom. The van der Waals surface area contributed by atoms with Crippen LogP contribution >= 0.6 is 0 Å². The summed E-state index contributed by atoms with van der Waals surface area (Å²) in [6, 6.07) is -0.659. The smallest absolute Gasteiger partial charge is 0.329 e. The molecule has 3 N–H and O–H groups in total. The lowest BCUT2D eigenvalue weighted by Crippen LogP contribution is -2.45. The molecule has 0 heterocycles. The Labute approximate surface area is 109 Å². The van der Waals surface area contributed by atoms with Crippen molar-refractivity contribution < 1.29 is 14.3 Å². The highest BCUT2D eigenvalue weighted by Gasteiger charge is 2.25. The molecular formula is C13H24N2O3. The molecule has 0 saturated heterocycles. The number of unbranched alkanes of at least 4 members (excludes halogenated alkanes) is 1. The fourth-order valence-electron chi connectivity index (χ4n) is 1.45. The highest BCUT2D eigenvalue weighted by atomic mass is 16.5. The molecule has 0 aromatic heterocycles. The second-order valence-corrected chi connectivity index (χ2v) is 4.14. The Bertz CT molecular complexity index is 279. The van der Waals surface area contributed by atoms with Gasteiger partial charge in [-0.05, 0) is 26.3 Å². The van der Waals surface area contributed by atoms with Crippen LogP contribution < -0.4 is 11.1 Å². The van der Waals surface area contributed by atoms with Gasteiger partial charge in [-0.3, -0.25) is 4.79 Å². The van der Waals surface area contributed by atoms with Crippen molar-refractivity contribution >= 4 is 11.9 Å². The maximum Gasteiger partial charge on any atom is 0.329 e. The first-order valence-corrected chi connectivity index (χ1v) is 6.35. The number of nitrogens with one attached hydrogen (secondary N) is 1. The van der Waals surface area contributed by atoms with Crippen LogP contribution in [0.15, 0.2) is 12.7 Å². The van der Waals surface area contributed by atoms with Gasteiger partial charge < -0.3 is 15.8 Å². The molecule has 1 amide bonds. The number of rotatable bonds is 9. The Hall–Kier alpha value is -1.36. The van der Waals surface area contributed by atoms with Gasteiger partial charge in [-0.1, -0.05) is 13.0 Å². The van der Waals surface area contributed by atoms with E-state index in [0.717, 1.165) is 12.8 Å². The van der Waals surface area contributed by atoms with E-state index in [2.05, 4.69) is 11.9 Å². The molecule has 0 aliphatic heterocycles. The van der Waals surface area contributed by atoms with Crippen LogP contribution in [0.5, 0.6) is 0 Å². The van der Waals surface area contributed by atoms with Crippen molar-refractivity contribution in [2.75, 3.05) is 13.2 Å². The van der Waals surface area contributed by atoms with Gasteiger partial charge in [-0.15, -0.1) is 6.58 Å². The molecular weight excluding hydrogens is 232 g/mol. The first-order valence-electron chi connectivity index (χ1n) is 6.35. The zero-order valence-corrected chi connectivity index (χ0v) is 11.3. The summed E-state index contributed by atoms with van der Waals surface area (Å²) in [7, 11) is 0. The lowest BCUT2D eigenvalue weighted by Gasteiger charge is -2.21. The van der Waals surface area contributed by atoms with E-state index in [0.29, 0.717) is 19.6 Å². The Balaban J connectivity index is 4.35. The van der Waals surface area contributed by atoms with Crippen LogP contribution in [0.3, 0.4) is 0 Å². The normalized spacial score (nSPS) is 13.5. The molecule has 5 nitrogen and oxygen atoms in total. The molecule has 104 valence electrons. The van der Waals surface area contributed by atoms with Gasteiger partial charge >= 0.3 is 5.97 Å². The molecule has 0 fully saturated rings. The lowest BCUT2D eigenvalue weighted by molar-refractivity contribution is -0.148. The van der Waals surface area contributed by atoms with E-state index in [-0.39, 0.29) is 11.8 Å². The van der Waals surface area contributed by atoms with Gasteiger partial charge in [-0.25, -0.2) is 4.79 Å². The van der Waals surface area contributed by atoms with Crippen LogP contribution in [0.25, 0.3) is 0 Å². The summed E-state index contributed by atoms with van der Waals surface area (Å²) in [5.41, 5.74) is 5.35. The third-order valence-corrected chi connectivity index (χ3v) is 2.61. The van der Waals surface area contributed by atoms with Crippen LogP contribution in [-0.2, 0) is 14.3 Å². The second-order valence-electron chi connectivity index (χ2n) is 4.14. The number of ether oxygens (including phenoxy) is 1. The van der Waals surface area contributed by atoms with E-state index < -0.39 is 12.0 Å². The molecule has 0 aliphatic carbocycles. The van der Waals surface area contributed by atoms with E-state index in [1.54, 1.807) is 13.0 Å². The summed E-state index contributed by atoms with van der Waals surface area (Å²) in [5, 5.41) is 2.69. The SMILES string of the molecule is C=CC(C)C(NC(=O)CCCCN)C(=O)OCC. The quantitative estimate of drug-likeness (QED) is 0.366. The number of carbonyl (C=O) groups is 2. The van der Waals surface area contributed by atoms with Crippen molar-refractivity contribution in [3.8, 4) is 0 Å². The van der Waals surface area contributed by atoms with Crippen molar-refractivity contribution in [3.05, 3.63) is 12.7 Å². The largest absolute Gasteiger partial charge is 0.464 e. The standard InChI is InChI=1S/C13H24N2O3/c1-4-10(3)12(13(17)18-5-2)15-11(16)8-6-7-9-14/h4,10,12H,1,5-9,14H2,2-3H3,(H,15,16). The first kappa shape index (κ1) is 16.6. The van der Waals surface area contributed by atoms with Crippen molar-refractivity contribution in [3.63, 3.8) is 0 Å². The molecule has 0 radical (unpaired) electrons. The number of hydrogen-bond acceptors (Lipinski definition) is 4. The summed E-state index contributed by atoms with van der Waals surface area (Å²) in [6.45, 7) is 8.04. The maximum atomic E-state index is 11.7. The summed E-state index contributed by atoms with van der Waals surface area (Å²) in [5.74, 6) is -0.741. The van der Waals surface area contributed by atoms with Crippen LogP contribution in [0.4, 0.5) is 0 Å². The zero-order valence-electron chi connectivity index (χ0n) is 11.3. The number of esters is 1. The third kappa shape index (κ3) is 6.39. The number of amides is 1. The Kier molecular flexibility index (Phi) is 8.92. The molecule has 18 heavy (non-hydrogen) atoms. The van der Waals surface area contributed by atoms with Crippen molar-refractivity contribution in [1.82, 2.24) is 5.32 Å². The fraction of sp³-hybridized carbons (Fsp3) is 0.692. The van der Waals surface area contributed by atoms with E-state index in [1.165, 1.54) is 0 Å². The topological polar surface area (TPSA) is 81.4 Å². The van der Waals surface area contributed by atoms with E-state index in [9.17, 15) is 9.59 Å². The number of nitrogens with two attached hydrogens (primary N) is 1. The number of hydrogen-bond donors (Lipinski definition) is 2. The first-order chi connectivity index (χ1) is 8.56. The fourth-order valence-corrected chi connectivity index (χ4v) is 1.45. The summed E-state index contributed by atoms with van der Waals surface area (Å²) in [6.07, 6.45) is 3.52. The molecule has 2 unspecified atom stereocenters. The minimum atomic E-state index is -0.659. The molecule has 0 rings (SSSR count). The summed E-state index contributed by atoms with van der Waals surface area (Å²) in [4.78, 5) is 23.4. The molecule has 5 heteroatoms. The molecule has 0 aromatic rings. The highest BCUT2D eigenvalue weighted by molar-refractivity contribution is 5.84. The molecule has 2 atom stereocenters. The highest BCUT2D eigenvalue weighted by Crippen LogP contribution is 2.07. The molecule has 0 saturated carbocycles. The van der Waals surface area contributed by atoms with Gasteiger partial charge in [0, 0.05) is 12.3 Å². The molecule has 0 bridgehead atoms. The van der Waals surface area contributed by atoms with E-state index in [4.69, 9.17) is 10.5 Å². The minimum absolute atomic E-state index is 0.157. The van der Waals surface area contributed by atoms with Gasteiger partial charge in [0.1, 0.15) is 6.04 Å². The lowest BCUT2D eigenvalue weighted by atomic mass is 10.0. The van der Waals surface area contributed by atoms with Crippen molar-refractivity contribution in [2.24, 2.45) is 11.7 Å². The van der Waals surface area contributed by atoms with E-state index in [1.807, 2.05) is 6.92 Å². The van der Waals surface area contributed by atoms with E-state index >= 15 is 0 Å². The van der Waals surface area contributed by atoms with Crippen molar-refractivity contribution in [2.45, 2.75) is 39.2 Å². The van der Waals surface area contributed by atoms with Gasteiger partial charge in [0.15, 0.2) is 0 Å². The van der Waals surface area contributed by atoms with Crippen LogP contribution in [0.2, 0.25) is 0 Å². The number of carbonyl (C=O) groups excluding carboxylic acids is 2. The van der Waals surface area contributed by atoms with Gasteiger partial charge in [0.05, 0.1) is 6.61 Å². The Morgan fingerprint density at radius 2 is 2.11 bits per heavy atom. The third-order valence-electron chi connectivity index (χ3n) is 2.61. The van der Waals surface area contributed by atoms with Crippen LogP contribution in [0.1, 0.15) is 33.1 Å². The predicted molar refractivity (Wildman–Crippen MR) is 70.8 cm³/mol. The average Bonchev–Trinajstić information content (AvgIpc) is 2.35. The van der Waals surface area contributed by atoms with Gasteiger partial charge in [0.25, 0.3) is 0 Å². The Morgan fingerprint density at radius 3 is 2.61 bits per heavy atom.